The number of nitrogens with zero attached hydrogens (tertiary/aromatic N) is 1. The molecule has 1 heterocycles. The van der Waals surface area contributed by atoms with Crippen molar-refractivity contribution in [2.24, 2.45) is 23.3 Å². The zero-order chi connectivity index (χ0) is 34.1. The van der Waals surface area contributed by atoms with Gasteiger partial charge >= 0.3 is 5.97 Å². The van der Waals surface area contributed by atoms with E-state index >= 15 is 0 Å². The second-order valence-electron chi connectivity index (χ2n) is 11.2. The van der Waals surface area contributed by atoms with E-state index in [-0.39, 0.29) is 49.4 Å². The predicted molar refractivity (Wildman–Crippen MR) is 180 cm³/mol. The van der Waals surface area contributed by atoms with Gasteiger partial charge in [-0.15, -0.1) is 0 Å². The molecule has 0 bridgehead atoms. The molecule has 0 aliphatic rings. The maximum atomic E-state index is 13.8. The Hall–Kier alpha value is -3.40. The van der Waals surface area contributed by atoms with E-state index in [4.69, 9.17) is 11.5 Å². The first kappa shape index (κ1) is 38.8. The van der Waals surface area contributed by atoms with Crippen molar-refractivity contribution in [3.8, 4) is 5.75 Å². The van der Waals surface area contributed by atoms with Crippen molar-refractivity contribution >= 4 is 53.7 Å². The van der Waals surface area contributed by atoms with Crippen molar-refractivity contribution in [1.82, 2.24) is 20.6 Å². The second-order valence-corrected chi connectivity index (χ2v) is 12.6. The highest BCUT2D eigenvalue weighted by molar-refractivity contribution is 7.98. The first-order valence-electron chi connectivity index (χ1n) is 15.2. The van der Waals surface area contributed by atoms with Gasteiger partial charge in [0.1, 0.15) is 5.75 Å². The van der Waals surface area contributed by atoms with Crippen LogP contribution in [0.5, 0.6) is 5.75 Å². The molecule has 46 heavy (non-hydrogen) atoms. The summed E-state index contributed by atoms with van der Waals surface area (Å²) in [5.41, 5.74) is 12.7. The lowest BCUT2D eigenvalue weighted by molar-refractivity contribution is -0.144. The number of carbonyl (C=O) groups excluding carboxylic acids is 4. The zero-order valence-electron chi connectivity index (χ0n) is 26.0. The third-order valence-electron chi connectivity index (χ3n) is 7.56. The lowest BCUT2D eigenvalue weighted by Gasteiger charge is -2.25. The molecule has 9 N–H and O–H groups in total. The third-order valence-corrected chi connectivity index (χ3v) is 8.59. The minimum atomic E-state index is -1.14. The molecule has 5 atom stereocenters. The number of phenols is 1. The number of ketones is 2. The summed E-state index contributed by atoms with van der Waals surface area (Å²) >= 11 is 5.54. The fourth-order valence-electron chi connectivity index (χ4n) is 4.86. The Balaban J connectivity index is 2.30. The van der Waals surface area contributed by atoms with Crippen LogP contribution in [0, 0.1) is 11.8 Å². The number of carbonyl (C=O) groups is 5. The third kappa shape index (κ3) is 13.5. The molecule has 0 aliphatic carbocycles. The molecule has 0 spiro atoms. The molecular formula is C31H46N6O7S2. The van der Waals surface area contributed by atoms with Crippen LogP contribution in [0.25, 0.3) is 0 Å². The van der Waals surface area contributed by atoms with Crippen LogP contribution in [0.3, 0.4) is 0 Å². The maximum Gasteiger partial charge on any atom is 0.307 e. The number of H-pyrrole nitrogens is 1. The summed E-state index contributed by atoms with van der Waals surface area (Å²) in [7, 11) is 0. The summed E-state index contributed by atoms with van der Waals surface area (Å²) in [4.78, 5) is 72.2. The van der Waals surface area contributed by atoms with Gasteiger partial charge in [-0.05, 0) is 68.4 Å². The fraction of sp³-hybridized carbons (Fsp3) is 0.548. The van der Waals surface area contributed by atoms with Gasteiger partial charge in [0.05, 0.1) is 30.4 Å². The molecule has 0 radical (unpaired) electrons. The molecule has 1 aromatic heterocycles. The largest absolute Gasteiger partial charge is 0.508 e. The van der Waals surface area contributed by atoms with Crippen LogP contribution >= 0.6 is 24.4 Å². The average molecular weight is 679 g/mol. The fourth-order valence-corrected chi connectivity index (χ4v) is 5.50. The van der Waals surface area contributed by atoms with Crippen LogP contribution in [0.15, 0.2) is 36.8 Å². The zero-order valence-corrected chi connectivity index (χ0v) is 27.7. The quantitative estimate of drug-likeness (QED) is 0.0616. The number of carboxylic acids is 1. The Labute approximate surface area is 278 Å². The van der Waals surface area contributed by atoms with Gasteiger partial charge in [0.25, 0.3) is 0 Å². The molecule has 13 nitrogen and oxygen atoms in total. The number of amides is 2. The molecular weight excluding hydrogens is 633 g/mol. The van der Waals surface area contributed by atoms with E-state index in [0.29, 0.717) is 42.8 Å². The van der Waals surface area contributed by atoms with Crippen molar-refractivity contribution in [2.45, 2.75) is 69.5 Å². The van der Waals surface area contributed by atoms with Gasteiger partial charge in [0, 0.05) is 42.8 Å². The summed E-state index contributed by atoms with van der Waals surface area (Å²) in [5, 5.41) is 25.0. The molecule has 0 unspecified atom stereocenters. The molecule has 0 fully saturated rings. The molecule has 0 aliphatic heterocycles. The summed E-state index contributed by atoms with van der Waals surface area (Å²) in [5.74, 6) is -4.37. The number of unbranched alkanes of at least 4 members (excludes halogenated alkanes) is 1. The Kier molecular flexibility index (Phi) is 17.4. The van der Waals surface area contributed by atoms with Crippen molar-refractivity contribution in [3.63, 3.8) is 0 Å². The predicted octanol–water partition coefficient (Wildman–Crippen LogP) is 1.24. The monoisotopic (exact) mass is 678 g/mol. The number of nitrogens with two attached hydrogens (primary N) is 2. The van der Waals surface area contributed by atoms with Crippen LogP contribution < -0.4 is 22.1 Å². The number of thiol groups is 1. The Morgan fingerprint density at radius 3 is 2.15 bits per heavy atom. The number of nitrogens with one attached hydrogen (secondary N) is 3. The van der Waals surface area contributed by atoms with Crippen LogP contribution in [0.4, 0.5) is 0 Å². The maximum absolute atomic E-state index is 13.8. The van der Waals surface area contributed by atoms with Crippen molar-refractivity contribution in [3.05, 3.63) is 48.0 Å². The highest BCUT2D eigenvalue weighted by Crippen LogP contribution is 2.20. The van der Waals surface area contributed by atoms with E-state index in [9.17, 15) is 34.2 Å². The van der Waals surface area contributed by atoms with Crippen molar-refractivity contribution < 1.29 is 34.2 Å². The molecule has 0 saturated heterocycles. The number of benzene rings is 1. The normalized spacial score (nSPS) is 14.4. The topological polar surface area (TPSA) is 231 Å². The van der Waals surface area contributed by atoms with Gasteiger partial charge in [-0.2, -0.15) is 24.4 Å². The summed E-state index contributed by atoms with van der Waals surface area (Å²) in [6.45, 7) is 0.410. The number of imidazole rings is 1. The van der Waals surface area contributed by atoms with Crippen LogP contribution in [0.1, 0.15) is 49.8 Å². The van der Waals surface area contributed by atoms with Crippen LogP contribution in [-0.2, 0) is 36.8 Å². The number of aromatic nitrogens is 2. The van der Waals surface area contributed by atoms with Crippen LogP contribution in [-0.4, -0.2) is 92.0 Å². The van der Waals surface area contributed by atoms with Gasteiger partial charge in [-0.1, -0.05) is 12.1 Å². The molecule has 2 amide bonds. The Morgan fingerprint density at radius 1 is 0.957 bits per heavy atom. The van der Waals surface area contributed by atoms with E-state index in [1.165, 1.54) is 36.4 Å². The van der Waals surface area contributed by atoms with Crippen molar-refractivity contribution in [1.29, 1.82) is 0 Å². The number of thioether (sulfide) groups is 1. The summed E-state index contributed by atoms with van der Waals surface area (Å²) in [6.07, 6.45) is 6.15. The smallest absolute Gasteiger partial charge is 0.307 e. The minimum absolute atomic E-state index is 0.0369. The van der Waals surface area contributed by atoms with E-state index in [1.807, 2.05) is 6.26 Å². The van der Waals surface area contributed by atoms with E-state index < -0.39 is 53.5 Å². The Bertz CT molecular complexity index is 1260. The van der Waals surface area contributed by atoms with Gasteiger partial charge in [0.2, 0.25) is 11.8 Å². The molecule has 1 aromatic carbocycles. The number of carboxylic acid groups (broad SMARTS) is 1. The number of hydrogen-bond donors (Lipinski definition) is 8. The number of rotatable bonds is 23. The SMILES string of the molecule is CSCC[C@H](NC(=O)[C@@H](CC(=O)[C@H](CCCCN)NC(=O)[C@@H](N)CS)Cc1ccc(O)cc1)C(=O)C[C@@H](Cc1cnc[nH]1)C(=O)O. The number of aliphatic carboxylic acids is 1. The molecule has 2 rings (SSSR count). The lowest BCUT2D eigenvalue weighted by atomic mass is 9.89. The van der Waals surface area contributed by atoms with Gasteiger partial charge in [-0.25, -0.2) is 4.98 Å². The standard InChI is InChI=1S/C31H46N6O7S2/c1-46-11-9-26(28(40)15-21(31(43)44)13-22-16-34-18-35-22)36-29(41)20(12-19-5-7-23(38)8-6-19)14-27(39)25(4-2-3-10-32)37-30(42)24(33)17-45/h5-8,16,18,20-21,24-26,38,45H,2-4,9-15,17,32-33H2,1H3,(H,34,35)(H,36,41)(H,37,42)(H,43,44)/t20-,21-,24+,25+,26+/m1/s1. The van der Waals surface area contributed by atoms with Crippen molar-refractivity contribution in [2.75, 3.05) is 24.3 Å². The molecule has 254 valence electrons. The number of Topliss-reactive ketones (excluding diaryl/α,β-unsaturated/α-hetero) is 2. The van der Waals surface area contributed by atoms with Gasteiger partial charge in [-0.3, -0.25) is 24.0 Å². The highest BCUT2D eigenvalue weighted by Gasteiger charge is 2.32. The summed E-state index contributed by atoms with van der Waals surface area (Å²) < 4.78 is 0. The molecule has 0 saturated carbocycles. The van der Waals surface area contributed by atoms with E-state index in [2.05, 4.69) is 33.2 Å². The number of hydrogen-bond acceptors (Lipinski definition) is 11. The second kappa shape index (κ2) is 20.7. The number of aromatic amines is 1. The lowest BCUT2D eigenvalue weighted by Crippen LogP contribution is -2.50. The minimum Gasteiger partial charge on any atom is -0.508 e. The van der Waals surface area contributed by atoms with Crippen LogP contribution in [0.2, 0.25) is 0 Å². The number of aromatic hydroxyl groups is 1. The molecule has 2 aromatic rings. The number of phenolic OH excluding ortho intramolecular Hbond substituents is 1. The van der Waals surface area contributed by atoms with E-state index in [1.54, 1.807) is 12.1 Å². The summed E-state index contributed by atoms with van der Waals surface area (Å²) in [6, 6.07) is 3.40. The van der Waals surface area contributed by atoms with Gasteiger partial charge in [0.15, 0.2) is 11.6 Å². The Morgan fingerprint density at radius 2 is 1.59 bits per heavy atom. The van der Waals surface area contributed by atoms with Gasteiger partial charge < -0.3 is 37.3 Å². The molecule has 15 heteroatoms. The highest BCUT2D eigenvalue weighted by atomic mass is 32.2. The van der Waals surface area contributed by atoms with E-state index in [0.717, 1.165) is 0 Å². The first-order valence-corrected chi connectivity index (χ1v) is 17.2. The average Bonchev–Trinajstić information content (AvgIpc) is 3.55. The first-order chi connectivity index (χ1) is 22.0.